The number of anilines is 3. The van der Waals surface area contributed by atoms with E-state index in [-0.39, 0.29) is 5.41 Å². The highest BCUT2D eigenvalue weighted by Gasteiger charge is 2.52. The molecule has 14 rings (SSSR count). The SMILES string of the molecule is CC1(C)c2ccccc2-c2c(N(c3ccc4c(c3)-c3ccccc3-c3ccccc3-c3ccccc3-4)c3ccc4c(c3)C3(c5ccccc5-c5ccccc53)c3ccccc3-4)cccc21. The molecule has 10 aromatic rings. The molecular formula is C64H43N. The van der Waals surface area contributed by atoms with E-state index in [1.165, 1.54) is 117 Å². The van der Waals surface area contributed by atoms with Crippen LogP contribution in [0.4, 0.5) is 17.1 Å². The van der Waals surface area contributed by atoms with Crippen LogP contribution >= 0.6 is 0 Å². The summed E-state index contributed by atoms with van der Waals surface area (Å²) in [6.45, 7) is 4.77. The van der Waals surface area contributed by atoms with Crippen LogP contribution in [-0.2, 0) is 10.8 Å². The van der Waals surface area contributed by atoms with Gasteiger partial charge in [0, 0.05) is 22.4 Å². The maximum atomic E-state index is 2.57. The van der Waals surface area contributed by atoms with Gasteiger partial charge in [-0.2, -0.15) is 0 Å². The number of benzene rings is 10. The molecule has 4 aliphatic carbocycles. The summed E-state index contributed by atoms with van der Waals surface area (Å²) in [5.74, 6) is 0. The molecule has 0 atom stereocenters. The normalized spacial score (nSPS) is 14.2. The molecule has 0 N–H and O–H groups in total. The standard InChI is InChI=1S/C64H43N/c1-63(2)55-28-13-12-27-53(55)62-59(63)32-17-33-61(62)65(40-34-36-48-46-22-6-5-20-44(46)42-18-3-4-19-43(42)45-21-7-8-23-47(45)54(48)38-40)41-35-37-52-51-26-11-16-31-58(51)64(60(52)39-41)56-29-14-9-24-49(56)50-25-10-15-30-57(50)64/h3-39H,1-2H3. The Morgan fingerprint density at radius 2 is 0.615 bits per heavy atom. The minimum absolute atomic E-state index is 0.156. The van der Waals surface area contributed by atoms with Gasteiger partial charge in [-0.1, -0.05) is 208 Å². The average Bonchev–Trinajstić information content (AvgIpc) is 3.92. The molecular weight excluding hydrogens is 783 g/mol. The van der Waals surface area contributed by atoms with Crippen molar-refractivity contribution in [2.45, 2.75) is 24.7 Å². The van der Waals surface area contributed by atoms with Gasteiger partial charge in [-0.3, -0.25) is 0 Å². The second kappa shape index (κ2) is 13.3. The Bertz CT molecular complexity index is 3590. The van der Waals surface area contributed by atoms with Crippen LogP contribution in [0.5, 0.6) is 0 Å². The lowest BCUT2D eigenvalue weighted by Gasteiger charge is -2.33. The zero-order chi connectivity index (χ0) is 43.0. The van der Waals surface area contributed by atoms with Crippen molar-refractivity contribution in [3.8, 4) is 77.9 Å². The van der Waals surface area contributed by atoms with Gasteiger partial charge in [0.25, 0.3) is 0 Å². The molecule has 0 aromatic heterocycles. The van der Waals surface area contributed by atoms with E-state index in [1.54, 1.807) is 0 Å². The number of rotatable bonds is 3. The summed E-state index contributed by atoms with van der Waals surface area (Å²) < 4.78 is 0. The molecule has 0 saturated carbocycles. The number of fused-ring (bicyclic) bond motifs is 21. The Kier molecular flexibility index (Phi) is 7.45. The fraction of sp³-hybridized carbons (Fsp3) is 0.0625. The van der Waals surface area contributed by atoms with E-state index < -0.39 is 5.41 Å². The maximum absolute atomic E-state index is 2.57. The van der Waals surface area contributed by atoms with Crippen molar-refractivity contribution >= 4 is 17.1 Å². The smallest absolute Gasteiger partial charge is 0.0726 e. The molecule has 1 heteroatoms. The first kappa shape index (κ1) is 36.5. The third-order valence-corrected chi connectivity index (χ3v) is 15.3. The van der Waals surface area contributed by atoms with Gasteiger partial charge < -0.3 is 4.90 Å². The quantitative estimate of drug-likeness (QED) is 0.172. The largest absolute Gasteiger partial charge is 0.310 e. The third kappa shape index (κ3) is 4.77. The number of nitrogens with zero attached hydrogens (tertiary/aromatic N) is 1. The fourth-order valence-electron chi connectivity index (χ4n) is 12.6. The molecule has 304 valence electrons. The van der Waals surface area contributed by atoms with E-state index in [0.29, 0.717) is 0 Å². The molecule has 0 heterocycles. The van der Waals surface area contributed by atoms with E-state index in [1.807, 2.05) is 0 Å². The van der Waals surface area contributed by atoms with Gasteiger partial charge in [0.05, 0.1) is 11.1 Å². The minimum atomic E-state index is -0.462. The van der Waals surface area contributed by atoms with Crippen LogP contribution in [-0.4, -0.2) is 0 Å². The summed E-state index contributed by atoms with van der Waals surface area (Å²) in [6.07, 6.45) is 0. The van der Waals surface area contributed by atoms with Crippen molar-refractivity contribution in [2.75, 3.05) is 4.90 Å². The van der Waals surface area contributed by atoms with Crippen LogP contribution in [0.25, 0.3) is 77.9 Å². The topological polar surface area (TPSA) is 3.24 Å². The van der Waals surface area contributed by atoms with Gasteiger partial charge in [-0.05, 0) is 136 Å². The highest BCUT2D eigenvalue weighted by atomic mass is 15.1. The molecule has 0 amide bonds. The molecule has 0 radical (unpaired) electrons. The van der Waals surface area contributed by atoms with Crippen LogP contribution in [0.3, 0.4) is 0 Å². The molecule has 0 unspecified atom stereocenters. The Morgan fingerprint density at radius 1 is 0.262 bits per heavy atom. The van der Waals surface area contributed by atoms with Crippen molar-refractivity contribution in [2.24, 2.45) is 0 Å². The first-order valence-corrected chi connectivity index (χ1v) is 22.9. The minimum Gasteiger partial charge on any atom is -0.310 e. The molecule has 0 saturated heterocycles. The second-order valence-corrected chi connectivity index (χ2v) is 18.7. The monoisotopic (exact) mass is 825 g/mol. The van der Waals surface area contributed by atoms with E-state index in [2.05, 4.69) is 243 Å². The van der Waals surface area contributed by atoms with Crippen molar-refractivity contribution in [1.29, 1.82) is 0 Å². The van der Waals surface area contributed by atoms with Gasteiger partial charge in [0.1, 0.15) is 0 Å². The Hall–Kier alpha value is -8.00. The Morgan fingerprint density at radius 3 is 1.12 bits per heavy atom. The Balaban J connectivity index is 1.08. The summed E-state index contributed by atoms with van der Waals surface area (Å²) in [5.41, 5.74) is 28.7. The highest BCUT2D eigenvalue weighted by molar-refractivity contribution is 6.05. The lowest BCUT2D eigenvalue weighted by Crippen LogP contribution is -2.26. The van der Waals surface area contributed by atoms with Crippen LogP contribution in [0.2, 0.25) is 0 Å². The first-order valence-electron chi connectivity index (χ1n) is 22.9. The van der Waals surface area contributed by atoms with Crippen LogP contribution in [0.1, 0.15) is 47.2 Å². The number of hydrogen-bond acceptors (Lipinski definition) is 1. The maximum Gasteiger partial charge on any atom is 0.0726 e. The number of hydrogen-bond donors (Lipinski definition) is 0. The molecule has 65 heavy (non-hydrogen) atoms. The molecule has 1 spiro atoms. The van der Waals surface area contributed by atoms with E-state index >= 15 is 0 Å². The average molecular weight is 826 g/mol. The third-order valence-electron chi connectivity index (χ3n) is 15.3. The van der Waals surface area contributed by atoms with Crippen LogP contribution < -0.4 is 4.90 Å². The highest BCUT2D eigenvalue weighted by Crippen LogP contribution is 2.64. The molecule has 0 aliphatic heterocycles. The molecule has 10 aromatic carbocycles. The summed E-state index contributed by atoms with van der Waals surface area (Å²) in [4.78, 5) is 2.57. The summed E-state index contributed by atoms with van der Waals surface area (Å²) in [6, 6.07) is 84.8. The van der Waals surface area contributed by atoms with Gasteiger partial charge >= 0.3 is 0 Å². The molecule has 0 bridgehead atoms. The van der Waals surface area contributed by atoms with E-state index in [4.69, 9.17) is 0 Å². The summed E-state index contributed by atoms with van der Waals surface area (Å²) in [5, 5.41) is 0. The van der Waals surface area contributed by atoms with Crippen molar-refractivity contribution < 1.29 is 0 Å². The van der Waals surface area contributed by atoms with Crippen molar-refractivity contribution in [1.82, 2.24) is 0 Å². The van der Waals surface area contributed by atoms with Crippen LogP contribution in [0.15, 0.2) is 224 Å². The van der Waals surface area contributed by atoms with Gasteiger partial charge in [-0.25, -0.2) is 0 Å². The predicted molar refractivity (Wildman–Crippen MR) is 270 cm³/mol. The van der Waals surface area contributed by atoms with Gasteiger partial charge in [-0.15, -0.1) is 0 Å². The lowest BCUT2D eigenvalue weighted by atomic mass is 9.70. The van der Waals surface area contributed by atoms with Gasteiger partial charge in [0.15, 0.2) is 0 Å². The van der Waals surface area contributed by atoms with E-state index in [9.17, 15) is 0 Å². The predicted octanol–water partition coefficient (Wildman–Crippen LogP) is 16.8. The van der Waals surface area contributed by atoms with Crippen molar-refractivity contribution in [3.05, 3.63) is 258 Å². The fourth-order valence-corrected chi connectivity index (χ4v) is 12.6. The lowest BCUT2D eigenvalue weighted by molar-refractivity contribution is 0.660. The summed E-state index contributed by atoms with van der Waals surface area (Å²) >= 11 is 0. The second-order valence-electron chi connectivity index (χ2n) is 18.7. The molecule has 1 nitrogen and oxygen atoms in total. The molecule has 4 aliphatic rings. The van der Waals surface area contributed by atoms with Gasteiger partial charge in [0.2, 0.25) is 0 Å². The zero-order valence-corrected chi connectivity index (χ0v) is 36.3. The molecule has 0 fully saturated rings. The zero-order valence-electron chi connectivity index (χ0n) is 36.3. The first-order chi connectivity index (χ1) is 32.0. The van der Waals surface area contributed by atoms with Crippen molar-refractivity contribution in [3.63, 3.8) is 0 Å². The van der Waals surface area contributed by atoms with E-state index in [0.717, 1.165) is 11.4 Å². The summed E-state index contributed by atoms with van der Waals surface area (Å²) in [7, 11) is 0. The van der Waals surface area contributed by atoms with Crippen LogP contribution in [0, 0.1) is 0 Å². The Labute approximate surface area is 380 Å².